The van der Waals surface area contributed by atoms with Crippen LogP contribution in [-0.2, 0) is 4.79 Å². The number of nitrogens with two attached hydrogens (primary N) is 1. The van der Waals surface area contributed by atoms with Gasteiger partial charge in [0.2, 0.25) is 0 Å². The third-order valence-electron chi connectivity index (χ3n) is 4.98. The lowest BCUT2D eigenvalue weighted by atomic mass is 9.69. The van der Waals surface area contributed by atoms with Crippen LogP contribution in [0, 0.1) is 17.8 Å². The van der Waals surface area contributed by atoms with Gasteiger partial charge in [-0.25, -0.2) is 0 Å². The normalized spacial score (nSPS) is 38.9. The molecule has 2 aliphatic carbocycles. The van der Waals surface area contributed by atoms with E-state index in [2.05, 4.69) is 6.92 Å². The van der Waals surface area contributed by atoms with E-state index in [-0.39, 0.29) is 12.0 Å². The van der Waals surface area contributed by atoms with Crippen molar-refractivity contribution in [1.29, 1.82) is 0 Å². The summed E-state index contributed by atoms with van der Waals surface area (Å²) >= 11 is 0. The number of carbonyl (C=O) groups excluding carboxylic acids is 1. The number of hydrogen-bond donors (Lipinski definition) is 1. The molecule has 0 aliphatic heterocycles. The van der Waals surface area contributed by atoms with Gasteiger partial charge in [0.1, 0.15) is 5.78 Å². The predicted molar refractivity (Wildman–Crippen MR) is 70.7 cm³/mol. The highest BCUT2D eigenvalue weighted by atomic mass is 16.1. The molecule has 0 bridgehead atoms. The summed E-state index contributed by atoms with van der Waals surface area (Å²) in [6, 6.07) is 0.149. The third-order valence-corrected chi connectivity index (χ3v) is 4.98. The smallest absolute Gasteiger partial charge is 0.140 e. The van der Waals surface area contributed by atoms with E-state index in [1.165, 1.54) is 38.5 Å². The van der Waals surface area contributed by atoms with Crippen molar-refractivity contribution in [3.63, 3.8) is 0 Å². The van der Waals surface area contributed by atoms with Crippen molar-refractivity contribution < 1.29 is 4.79 Å². The summed E-state index contributed by atoms with van der Waals surface area (Å²) < 4.78 is 0. The summed E-state index contributed by atoms with van der Waals surface area (Å²) in [7, 11) is 0. The zero-order valence-corrected chi connectivity index (χ0v) is 11.2. The van der Waals surface area contributed by atoms with Crippen LogP contribution in [0.25, 0.3) is 0 Å². The van der Waals surface area contributed by atoms with Crippen LogP contribution in [-0.4, -0.2) is 11.8 Å². The van der Waals surface area contributed by atoms with Crippen LogP contribution in [0.2, 0.25) is 0 Å². The average molecular weight is 237 g/mol. The average Bonchev–Trinajstić information content (AvgIpc) is 2.38. The molecule has 0 saturated heterocycles. The molecule has 2 heteroatoms. The Balaban J connectivity index is 2.01. The standard InChI is InChI=1S/C15H27NO/c1-2-11-7-3-4-8-12(11)15(17)13-9-5-6-10-14(13)16/h11-14H,2-10,16H2,1H3. The maximum absolute atomic E-state index is 12.7. The first-order valence-electron chi connectivity index (χ1n) is 7.53. The number of Topliss-reactive ketones (excluding diaryl/α,β-unsaturated/α-hetero) is 1. The van der Waals surface area contributed by atoms with Gasteiger partial charge in [0.05, 0.1) is 0 Å². The van der Waals surface area contributed by atoms with Crippen molar-refractivity contribution in [1.82, 2.24) is 0 Å². The summed E-state index contributed by atoms with van der Waals surface area (Å²) in [6.45, 7) is 2.23. The lowest BCUT2D eigenvalue weighted by Crippen LogP contribution is -2.42. The molecule has 0 amide bonds. The van der Waals surface area contributed by atoms with Gasteiger partial charge in [0, 0.05) is 17.9 Å². The first-order chi connectivity index (χ1) is 8.24. The van der Waals surface area contributed by atoms with Gasteiger partial charge in [-0.1, -0.05) is 39.0 Å². The molecule has 2 aliphatic rings. The third kappa shape index (κ3) is 2.90. The van der Waals surface area contributed by atoms with Gasteiger partial charge in [-0.05, 0) is 31.6 Å². The molecule has 2 saturated carbocycles. The first kappa shape index (κ1) is 13.1. The van der Waals surface area contributed by atoms with E-state index < -0.39 is 0 Å². The maximum Gasteiger partial charge on any atom is 0.140 e. The molecule has 2 nitrogen and oxygen atoms in total. The van der Waals surface area contributed by atoms with E-state index >= 15 is 0 Å². The second-order valence-electron chi connectivity index (χ2n) is 6.02. The Morgan fingerprint density at radius 3 is 2.24 bits per heavy atom. The summed E-state index contributed by atoms with van der Waals surface area (Å²) in [5.41, 5.74) is 6.15. The number of ketones is 1. The molecule has 0 aromatic heterocycles. The second kappa shape index (κ2) is 5.99. The van der Waals surface area contributed by atoms with Gasteiger partial charge in [0.25, 0.3) is 0 Å². The highest BCUT2D eigenvalue weighted by Gasteiger charge is 2.36. The Bertz CT molecular complexity index is 264. The Hall–Kier alpha value is -0.370. The Morgan fingerprint density at radius 2 is 1.59 bits per heavy atom. The molecule has 0 heterocycles. The molecule has 0 spiro atoms. The van der Waals surface area contributed by atoms with E-state index in [0.29, 0.717) is 17.6 Å². The van der Waals surface area contributed by atoms with Gasteiger partial charge in [-0.15, -0.1) is 0 Å². The van der Waals surface area contributed by atoms with Crippen molar-refractivity contribution in [3.8, 4) is 0 Å². The van der Waals surface area contributed by atoms with Gasteiger partial charge >= 0.3 is 0 Å². The molecule has 4 atom stereocenters. The van der Waals surface area contributed by atoms with Crippen molar-refractivity contribution in [2.45, 2.75) is 70.8 Å². The van der Waals surface area contributed by atoms with Crippen molar-refractivity contribution in [2.24, 2.45) is 23.5 Å². The highest BCUT2D eigenvalue weighted by molar-refractivity contribution is 5.84. The number of carbonyl (C=O) groups is 1. The van der Waals surface area contributed by atoms with Crippen LogP contribution in [0.4, 0.5) is 0 Å². The van der Waals surface area contributed by atoms with E-state index in [4.69, 9.17) is 5.73 Å². The maximum atomic E-state index is 12.7. The summed E-state index contributed by atoms with van der Waals surface area (Å²) in [5, 5.41) is 0. The van der Waals surface area contributed by atoms with Gasteiger partial charge in [-0.3, -0.25) is 4.79 Å². The molecule has 2 N–H and O–H groups in total. The van der Waals surface area contributed by atoms with E-state index in [1.807, 2.05) is 0 Å². The molecule has 0 aromatic carbocycles. The molecule has 2 fully saturated rings. The molecule has 0 aromatic rings. The number of hydrogen-bond acceptors (Lipinski definition) is 2. The quantitative estimate of drug-likeness (QED) is 0.818. The summed E-state index contributed by atoms with van der Waals surface area (Å²) in [4.78, 5) is 12.7. The molecule has 17 heavy (non-hydrogen) atoms. The molecule has 98 valence electrons. The van der Waals surface area contributed by atoms with Crippen molar-refractivity contribution in [2.75, 3.05) is 0 Å². The lowest BCUT2D eigenvalue weighted by Gasteiger charge is -2.35. The Morgan fingerprint density at radius 1 is 1.00 bits per heavy atom. The minimum absolute atomic E-state index is 0.149. The molecule has 2 rings (SSSR count). The van der Waals surface area contributed by atoms with Gasteiger partial charge in [-0.2, -0.15) is 0 Å². The molecule has 0 radical (unpaired) electrons. The van der Waals surface area contributed by atoms with Crippen LogP contribution in [0.3, 0.4) is 0 Å². The van der Waals surface area contributed by atoms with Gasteiger partial charge in [0.15, 0.2) is 0 Å². The molecular weight excluding hydrogens is 210 g/mol. The highest BCUT2D eigenvalue weighted by Crippen LogP contribution is 2.37. The largest absolute Gasteiger partial charge is 0.327 e. The zero-order chi connectivity index (χ0) is 12.3. The van der Waals surface area contributed by atoms with E-state index in [9.17, 15) is 4.79 Å². The van der Waals surface area contributed by atoms with Crippen LogP contribution in [0.1, 0.15) is 64.7 Å². The van der Waals surface area contributed by atoms with Crippen LogP contribution in [0.15, 0.2) is 0 Å². The van der Waals surface area contributed by atoms with Crippen LogP contribution in [0.5, 0.6) is 0 Å². The predicted octanol–water partition coefficient (Wildman–Crippen LogP) is 3.29. The Labute approximate surface area is 105 Å². The summed E-state index contributed by atoms with van der Waals surface area (Å²) in [5.74, 6) is 1.68. The monoisotopic (exact) mass is 237 g/mol. The van der Waals surface area contributed by atoms with Crippen molar-refractivity contribution >= 4 is 5.78 Å². The van der Waals surface area contributed by atoms with Crippen molar-refractivity contribution in [3.05, 3.63) is 0 Å². The number of rotatable bonds is 3. The van der Waals surface area contributed by atoms with Crippen LogP contribution >= 0.6 is 0 Å². The fraction of sp³-hybridized carbons (Fsp3) is 0.933. The zero-order valence-electron chi connectivity index (χ0n) is 11.2. The van der Waals surface area contributed by atoms with E-state index in [1.54, 1.807) is 0 Å². The topological polar surface area (TPSA) is 43.1 Å². The minimum Gasteiger partial charge on any atom is -0.327 e. The van der Waals surface area contributed by atoms with Gasteiger partial charge < -0.3 is 5.73 Å². The fourth-order valence-electron chi connectivity index (χ4n) is 3.86. The van der Waals surface area contributed by atoms with E-state index in [0.717, 1.165) is 19.3 Å². The Kier molecular flexibility index (Phi) is 4.61. The van der Waals surface area contributed by atoms with Crippen LogP contribution < -0.4 is 5.73 Å². The lowest BCUT2D eigenvalue weighted by molar-refractivity contribution is -0.131. The SMILES string of the molecule is CCC1CCCCC1C(=O)C1CCCCC1N. The minimum atomic E-state index is 0.149. The summed E-state index contributed by atoms with van der Waals surface area (Å²) in [6.07, 6.45) is 10.6. The molecule has 4 unspecified atom stereocenters. The second-order valence-corrected chi connectivity index (χ2v) is 6.02. The molecular formula is C15H27NO. The fourth-order valence-corrected chi connectivity index (χ4v) is 3.86. The first-order valence-corrected chi connectivity index (χ1v) is 7.53.